The maximum Gasteiger partial charge on any atom is 0.275 e. The van der Waals surface area contributed by atoms with E-state index in [0.717, 1.165) is 27.5 Å². The quantitative estimate of drug-likeness (QED) is 0.397. The highest BCUT2D eigenvalue weighted by molar-refractivity contribution is 6.02. The first-order valence-corrected chi connectivity index (χ1v) is 10.7. The third-order valence-electron chi connectivity index (χ3n) is 5.44. The number of hydrogen-bond acceptors (Lipinski definition) is 4. The zero-order valence-electron chi connectivity index (χ0n) is 19.9. The molecule has 32 heavy (non-hydrogen) atoms. The predicted molar refractivity (Wildman–Crippen MR) is 131 cm³/mol. The Hall–Kier alpha value is -3.34. The number of aromatic hydroxyl groups is 1. The van der Waals surface area contributed by atoms with E-state index in [4.69, 9.17) is 4.74 Å². The van der Waals surface area contributed by atoms with E-state index in [-0.39, 0.29) is 16.7 Å². The molecule has 2 N–H and O–H groups in total. The molecule has 0 saturated carbocycles. The molecule has 168 valence electrons. The van der Waals surface area contributed by atoms with Crippen molar-refractivity contribution in [2.75, 3.05) is 7.11 Å². The van der Waals surface area contributed by atoms with E-state index in [1.165, 1.54) is 0 Å². The lowest BCUT2D eigenvalue weighted by Gasteiger charge is -2.27. The van der Waals surface area contributed by atoms with Crippen molar-refractivity contribution in [3.63, 3.8) is 0 Å². The van der Waals surface area contributed by atoms with Crippen LogP contribution < -0.4 is 10.2 Å². The van der Waals surface area contributed by atoms with Gasteiger partial charge in [-0.3, -0.25) is 4.79 Å². The molecule has 5 heteroatoms. The Morgan fingerprint density at radius 3 is 1.97 bits per heavy atom. The van der Waals surface area contributed by atoms with Crippen LogP contribution in [0.25, 0.3) is 10.8 Å². The fourth-order valence-corrected chi connectivity index (χ4v) is 3.67. The number of ether oxygens (including phenoxy) is 1. The fourth-order valence-electron chi connectivity index (χ4n) is 3.67. The zero-order chi connectivity index (χ0) is 23.7. The van der Waals surface area contributed by atoms with Gasteiger partial charge in [-0.15, -0.1) is 0 Å². The van der Waals surface area contributed by atoms with E-state index >= 15 is 0 Å². The third-order valence-corrected chi connectivity index (χ3v) is 5.44. The standard InChI is InChI=1S/C27H32N2O3/c1-26(2,3)21-12-17(13-22(24(21)30)27(4,5)6)16-28-29-25(31)20-14-18-10-8-9-11-19(18)15-23(20)32-7/h8-16,30H,1-7H3,(H,29,31)/b28-16-. The predicted octanol–water partition coefficient (Wildman–Crippen LogP) is 5.91. The van der Waals surface area contributed by atoms with Crippen molar-refractivity contribution in [1.82, 2.24) is 5.43 Å². The summed E-state index contributed by atoms with van der Waals surface area (Å²) >= 11 is 0. The SMILES string of the molecule is COc1cc2ccccc2cc1C(=O)N/N=C\c1cc(C(C)(C)C)c(O)c(C(C)(C)C)c1. The summed E-state index contributed by atoms with van der Waals surface area (Å²) in [6.45, 7) is 12.4. The Balaban J connectivity index is 1.92. The highest BCUT2D eigenvalue weighted by Crippen LogP contribution is 2.39. The molecule has 0 atom stereocenters. The zero-order valence-corrected chi connectivity index (χ0v) is 19.9. The summed E-state index contributed by atoms with van der Waals surface area (Å²) in [4.78, 5) is 12.8. The Morgan fingerprint density at radius 2 is 1.47 bits per heavy atom. The molecule has 0 saturated heterocycles. The van der Waals surface area contributed by atoms with Gasteiger partial charge in [-0.2, -0.15) is 5.10 Å². The average Bonchev–Trinajstić information content (AvgIpc) is 2.71. The second-order valence-electron chi connectivity index (χ2n) is 10.1. The number of methoxy groups -OCH3 is 1. The maximum absolute atomic E-state index is 12.8. The van der Waals surface area contributed by atoms with Gasteiger partial charge < -0.3 is 9.84 Å². The van der Waals surface area contributed by atoms with E-state index < -0.39 is 0 Å². The number of phenols is 1. The first-order valence-electron chi connectivity index (χ1n) is 10.7. The molecule has 0 aromatic heterocycles. The van der Waals surface area contributed by atoms with Crippen LogP contribution in [0.15, 0.2) is 53.6 Å². The number of benzene rings is 3. The van der Waals surface area contributed by atoms with Crippen molar-refractivity contribution in [2.45, 2.75) is 52.4 Å². The van der Waals surface area contributed by atoms with Crippen molar-refractivity contribution in [1.29, 1.82) is 0 Å². The van der Waals surface area contributed by atoms with Gasteiger partial charge in [0.15, 0.2) is 0 Å². The van der Waals surface area contributed by atoms with Gasteiger partial charge in [0.05, 0.1) is 18.9 Å². The highest BCUT2D eigenvalue weighted by atomic mass is 16.5. The maximum atomic E-state index is 12.8. The average molecular weight is 433 g/mol. The lowest BCUT2D eigenvalue weighted by Crippen LogP contribution is -2.19. The summed E-state index contributed by atoms with van der Waals surface area (Å²) in [5.41, 5.74) is 5.03. The van der Waals surface area contributed by atoms with Crippen molar-refractivity contribution in [2.24, 2.45) is 5.10 Å². The summed E-state index contributed by atoms with van der Waals surface area (Å²) in [5.74, 6) is 0.452. The van der Waals surface area contributed by atoms with Crippen LogP contribution in [0.1, 0.15) is 68.6 Å². The minimum Gasteiger partial charge on any atom is -0.507 e. The molecule has 0 spiro atoms. The number of phenolic OH excluding ortho intramolecular Hbond substituents is 1. The minimum absolute atomic E-state index is 0.240. The topological polar surface area (TPSA) is 70.9 Å². The number of rotatable bonds is 4. The lowest BCUT2D eigenvalue weighted by atomic mass is 9.78. The summed E-state index contributed by atoms with van der Waals surface area (Å²) < 4.78 is 5.42. The van der Waals surface area contributed by atoms with E-state index in [1.54, 1.807) is 19.4 Å². The Labute approximate surface area is 190 Å². The van der Waals surface area contributed by atoms with Crippen molar-refractivity contribution in [3.05, 3.63) is 70.8 Å². The van der Waals surface area contributed by atoms with Crippen molar-refractivity contribution in [3.8, 4) is 11.5 Å². The summed E-state index contributed by atoms with van der Waals surface area (Å²) in [6, 6.07) is 15.3. The van der Waals surface area contributed by atoms with Crippen LogP contribution in [0, 0.1) is 0 Å². The number of nitrogens with one attached hydrogen (secondary N) is 1. The number of amides is 1. The minimum atomic E-state index is -0.352. The molecule has 0 unspecified atom stereocenters. The largest absolute Gasteiger partial charge is 0.507 e. The van der Waals surface area contributed by atoms with Gasteiger partial charge in [0.1, 0.15) is 11.5 Å². The van der Waals surface area contributed by atoms with E-state index in [2.05, 4.69) is 52.1 Å². The smallest absolute Gasteiger partial charge is 0.275 e. The molecule has 1 amide bonds. The normalized spacial score (nSPS) is 12.3. The Bertz CT molecular complexity index is 1150. The highest BCUT2D eigenvalue weighted by Gasteiger charge is 2.26. The van der Waals surface area contributed by atoms with Gasteiger partial charge in [-0.25, -0.2) is 5.43 Å². The van der Waals surface area contributed by atoms with Gasteiger partial charge >= 0.3 is 0 Å². The van der Waals surface area contributed by atoms with Crippen LogP contribution in [-0.4, -0.2) is 24.3 Å². The van der Waals surface area contributed by atoms with E-state index in [1.807, 2.05) is 42.5 Å². The van der Waals surface area contributed by atoms with Gasteiger partial charge in [-0.05, 0) is 51.4 Å². The fraction of sp³-hybridized carbons (Fsp3) is 0.333. The molecule has 0 radical (unpaired) electrons. The molecule has 3 aromatic carbocycles. The summed E-state index contributed by atoms with van der Waals surface area (Å²) in [7, 11) is 1.54. The third kappa shape index (κ3) is 4.93. The second kappa shape index (κ2) is 8.65. The molecular weight excluding hydrogens is 400 g/mol. The first-order chi connectivity index (χ1) is 14.9. The summed E-state index contributed by atoms with van der Waals surface area (Å²) in [5, 5.41) is 17.0. The molecule has 0 aliphatic carbocycles. The first kappa shape index (κ1) is 23.3. The number of fused-ring (bicyclic) bond motifs is 1. The van der Waals surface area contributed by atoms with E-state index in [0.29, 0.717) is 17.1 Å². The van der Waals surface area contributed by atoms with Crippen LogP contribution in [0.2, 0.25) is 0 Å². The molecule has 0 aliphatic rings. The molecule has 0 heterocycles. The lowest BCUT2D eigenvalue weighted by molar-refractivity contribution is 0.0952. The molecule has 0 aliphatic heterocycles. The van der Waals surface area contributed by atoms with Crippen molar-refractivity contribution >= 4 is 22.9 Å². The van der Waals surface area contributed by atoms with Crippen molar-refractivity contribution < 1.29 is 14.6 Å². The molecule has 3 rings (SSSR count). The number of hydrazone groups is 1. The van der Waals surface area contributed by atoms with Gasteiger partial charge in [0, 0.05) is 11.1 Å². The van der Waals surface area contributed by atoms with Crippen LogP contribution in [0.3, 0.4) is 0 Å². The molecule has 0 bridgehead atoms. The Kier molecular flexibility index (Phi) is 6.31. The second-order valence-corrected chi connectivity index (χ2v) is 10.1. The van der Waals surface area contributed by atoms with Crippen LogP contribution >= 0.6 is 0 Å². The molecule has 5 nitrogen and oxygen atoms in total. The van der Waals surface area contributed by atoms with Crippen LogP contribution in [0.4, 0.5) is 0 Å². The van der Waals surface area contributed by atoms with Crippen LogP contribution in [-0.2, 0) is 10.8 Å². The van der Waals surface area contributed by atoms with Gasteiger partial charge in [0.25, 0.3) is 5.91 Å². The molecule has 0 fully saturated rings. The summed E-state index contributed by atoms with van der Waals surface area (Å²) in [6.07, 6.45) is 1.61. The van der Waals surface area contributed by atoms with Gasteiger partial charge in [0.2, 0.25) is 0 Å². The van der Waals surface area contributed by atoms with Gasteiger partial charge in [-0.1, -0.05) is 65.8 Å². The Morgan fingerprint density at radius 1 is 0.938 bits per heavy atom. The number of hydrogen-bond donors (Lipinski definition) is 2. The molecular formula is C27H32N2O3. The van der Waals surface area contributed by atoms with Crippen LogP contribution in [0.5, 0.6) is 11.5 Å². The monoisotopic (exact) mass is 432 g/mol. The number of carbonyl (C=O) groups is 1. The number of nitrogens with zero attached hydrogens (tertiary/aromatic N) is 1. The molecule has 3 aromatic rings. The number of carbonyl (C=O) groups excluding carboxylic acids is 1. The van der Waals surface area contributed by atoms with E-state index in [9.17, 15) is 9.90 Å².